The van der Waals surface area contributed by atoms with Gasteiger partial charge in [-0.2, -0.15) is 5.26 Å². The lowest BCUT2D eigenvalue weighted by molar-refractivity contribution is 0.0599. The maximum Gasteiger partial charge on any atom is 0.338 e. The number of phenols is 1. The van der Waals surface area contributed by atoms with E-state index in [-0.39, 0.29) is 17.7 Å². The highest BCUT2D eigenvalue weighted by Gasteiger charge is 2.14. The highest BCUT2D eigenvalue weighted by Crippen LogP contribution is 2.21. The Hall–Kier alpha value is -2.02. The molecule has 0 spiro atoms. The molecule has 0 radical (unpaired) electrons. The molecule has 0 bridgehead atoms. The molecular weight excluding hydrogens is 182 g/mol. The topological polar surface area (TPSA) is 70.3 Å². The van der Waals surface area contributed by atoms with E-state index in [1.54, 1.807) is 0 Å². The monoisotopic (exact) mass is 191 g/mol. The highest BCUT2D eigenvalue weighted by molar-refractivity contribution is 5.91. The summed E-state index contributed by atoms with van der Waals surface area (Å²) in [4.78, 5) is 11.2. The van der Waals surface area contributed by atoms with E-state index in [0.29, 0.717) is 5.56 Å². The first kappa shape index (κ1) is 10.1. The van der Waals surface area contributed by atoms with E-state index in [0.717, 1.165) is 0 Å². The first-order valence-corrected chi connectivity index (χ1v) is 3.96. The number of nitriles is 1. The fraction of sp³-hybridized carbons (Fsp3) is 0.200. The van der Waals surface area contributed by atoms with E-state index >= 15 is 0 Å². The predicted molar refractivity (Wildman–Crippen MR) is 48.8 cm³/mol. The van der Waals surface area contributed by atoms with E-state index < -0.39 is 5.97 Å². The average molecular weight is 191 g/mol. The Balaban J connectivity index is 3.22. The number of phenolic OH excluding ortho intramolecular Hbond substituents is 1. The molecule has 4 heteroatoms. The second kappa shape index (κ2) is 4.28. The molecule has 0 atom stereocenters. The van der Waals surface area contributed by atoms with Crippen molar-refractivity contribution in [3.8, 4) is 11.8 Å². The van der Waals surface area contributed by atoms with Gasteiger partial charge < -0.3 is 9.84 Å². The molecule has 0 aromatic heterocycles. The zero-order valence-electron chi connectivity index (χ0n) is 7.65. The maximum atomic E-state index is 11.2. The number of aromatic hydroxyl groups is 1. The van der Waals surface area contributed by atoms with Crippen LogP contribution in [0.4, 0.5) is 0 Å². The number of methoxy groups -OCH3 is 1. The van der Waals surface area contributed by atoms with Crippen LogP contribution in [0.2, 0.25) is 0 Å². The number of rotatable bonds is 2. The molecule has 4 nitrogen and oxygen atoms in total. The van der Waals surface area contributed by atoms with Gasteiger partial charge in [0.15, 0.2) is 0 Å². The Morgan fingerprint density at radius 2 is 2.36 bits per heavy atom. The van der Waals surface area contributed by atoms with Crippen molar-refractivity contribution in [3.05, 3.63) is 29.3 Å². The molecule has 0 aliphatic heterocycles. The quantitative estimate of drug-likeness (QED) is 0.714. The molecule has 72 valence electrons. The molecule has 0 heterocycles. The lowest BCUT2D eigenvalue weighted by Crippen LogP contribution is -2.05. The van der Waals surface area contributed by atoms with E-state index in [4.69, 9.17) is 5.26 Å². The van der Waals surface area contributed by atoms with Gasteiger partial charge in [-0.05, 0) is 12.1 Å². The normalized spacial score (nSPS) is 9.14. The van der Waals surface area contributed by atoms with Gasteiger partial charge in [-0.3, -0.25) is 0 Å². The van der Waals surface area contributed by atoms with Crippen molar-refractivity contribution in [1.82, 2.24) is 0 Å². The Kier molecular flexibility index (Phi) is 3.08. The molecule has 0 unspecified atom stereocenters. The lowest BCUT2D eigenvalue weighted by atomic mass is 10.0. The molecule has 1 rings (SSSR count). The number of carbonyl (C=O) groups is 1. The SMILES string of the molecule is COC(=O)c1cccc(O)c1CC#N. The summed E-state index contributed by atoms with van der Waals surface area (Å²) >= 11 is 0. The van der Waals surface area contributed by atoms with Crippen LogP contribution >= 0.6 is 0 Å². The summed E-state index contributed by atoms with van der Waals surface area (Å²) in [6.45, 7) is 0. The molecule has 0 saturated carbocycles. The van der Waals surface area contributed by atoms with Crippen LogP contribution < -0.4 is 0 Å². The number of benzene rings is 1. The number of hydrogen-bond donors (Lipinski definition) is 1. The summed E-state index contributed by atoms with van der Waals surface area (Å²) < 4.78 is 4.52. The Morgan fingerprint density at radius 1 is 1.64 bits per heavy atom. The minimum absolute atomic E-state index is 0.0168. The minimum atomic E-state index is -0.550. The van der Waals surface area contributed by atoms with Crippen molar-refractivity contribution in [2.45, 2.75) is 6.42 Å². The predicted octanol–water partition coefficient (Wildman–Crippen LogP) is 1.24. The van der Waals surface area contributed by atoms with Crippen LogP contribution in [-0.2, 0) is 11.2 Å². The average Bonchev–Trinajstić information content (AvgIpc) is 2.20. The summed E-state index contributed by atoms with van der Waals surface area (Å²) in [6.07, 6.45) is -0.0168. The van der Waals surface area contributed by atoms with Gasteiger partial charge in [0.2, 0.25) is 0 Å². The molecule has 0 fully saturated rings. The van der Waals surface area contributed by atoms with Gasteiger partial charge in [0, 0.05) is 5.56 Å². The largest absolute Gasteiger partial charge is 0.508 e. The summed E-state index contributed by atoms with van der Waals surface area (Å²) in [7, 11) is 1.25. The van der Waals surface area contributed by atoms with Crippen LogP contribution in [0, 0.1) is 11.3 Å². The van der Waals surface area contributed by atoms with Crippen molar-refractivity contribution in [2.24, 2.45) is 0 Å². The van der Waals surface area contributed by atoms with Crippen LogP contribution in [0.25, 0.3) is 0 Å². The molecule has 1 N–H and O–H groups in total. The third-order valence-corrected chi connectivity index (χ3v) is 1.81. The minimum Gasteiger partial charge on any atom is -0.508 e. The lowest BCUT2D eigenvalue weighted by Gasteiger charge is -2.05. The number of carbonyl (C=O) groups excluding carboxylic acids is 1. The summed E-state index contributed by atoms with van der Waals surface area (Å²) in [5, 5.41) is 17.9. The zero-order valence-corrected chi connectivity index (χ0v) is 7.65. The summed E-state index contributed by atoms with van der Waals surface area (Å²) in [5.74, 6) is -0.611. The van der Waals surface area contributed by atoms with Gasteiger partial charge in [0.1, 0.15) is 5.75 Å². The van der Waals surface area contributed by atoms with Crippen LogP contribution in [-0.4, -0.2) is 18.2 Å². The van der Waals surface area contributed by atoms with Crippen LogP contribution in [0.3, 0.4) is 0 Å². The van der Waals surface area contributed by atoms with Gasteiger partial charge in [-0.25, -0.2) is 4.79 Å². The number of nitrogens with zero attached hydrogens (tertiary/aromatic N) is 1. The summed E-state index contributed by atoms with van der Waals surface area (Å²) in [5.41, 5.74) is 0.538. The van der Waals surface area contributed by atoms with Crippen LogP contribution in [0.5, 0.6) is 5.75 Å². The molecule has 0 aliphatic rings. The van der Waals surface area contributed by atoms with Crippen LogP contribution in [0.1, 0.15) is 15.9 Å². The van der Waals surface area contributed by atoms with E-state index in [2.05, 4.69) is 4.74 Å². The number of ether oxygens (including phenoxy) is 1. The Morgan fingerprint density at radius 3 is 2.93 bits per heavy atom. The van der Waals surface area contributed by atoms with Crippen molar-refractivity contribution in [1.29, 1.82) is 5.26 Å². The van der Waals surface area contributed by atoms with Gasteiger partial charge in [0.25, 0.3) is 0 Å². The van der Waals surface area contributed by atoms with Gasteiger partial charge in [-0.1, -0.05) is 6.07 Å². The second-order valence-electron chi connectivity index (χ2n) is 2.63. The van der Waals surface area contributed by atoms with Crippen molar-refractivity contribution in [3.63, 3.8) is 0 Å². The number of hydrogen-bond acceptors (Lipinski definition) is 4. The maximum absolute atomic E-state index is 11.2. The fourth-order valence-corrected chi connectivity index (χ4v) is 1.14. The van der Waals surface area contributed by atoms with Gasteiger partial charge >= 0.3 is 5.97 Å². The Bertz CT molecular complexity index is 393. The van der Waals surface area contributed by atoms with E-state index in [1.165, 1.54) is 25.3 Å². The van der Waals surface area contributed by atoms with Crippen molar-refractivity contribution < 1.29 is 14.6 Å². The highest BCUT2D eigenvalue weighted by atomic mass is 16.5. The molecule has 1 aromatic rings. The van der Waals surface area contributed by atoms with Crippen LogP contribution in [0.15, 0.2) is 18.2 Å². The molecule has 0 aliphatic carbocycles. The third kappa shape index (κ3) is 1.83. The smallest absolute Gasteiger partial charge is 0.338 e. The molecule has 0 saturated heterocycles. The molecule has 14 heavy (non-hydrogen) atoms. The van der Waals surface area contributed by atoms with Gasteiger partial charge in [0.05, 0.1) is 25.2 Å². The van der Waals surface area contributed by atoms with E-state index in [9.17, 15) is 9.90 Å². The first-order chi connectivity index (χ1) is 6.70. The van der Waals surface area contributed by atoms with Crippen molar-refractivity contribution >= 4 is 5.97 Å². The number of esters is 1. The first-order valence-electron chi connectivity index (χ1n) is 3.96. The molecule has 0 amide bonds. The van der Waals surface area contributed by atoms with E-state index in [1.807, 2.05) is 6.07 Å². The molecule has 1 aromatic carbocycles. The fourth-order valence-electron chi connectivity index (χ4n) is 1.14. The second-order valence-corrected chi connectivity index (χ2v) is 2.63. The summed E-state index contributed by atoms with van der Waals surface area (Å²) in [6, 6.07) is 6.35. The van der Waals surface area contributed by atoms with Gasteiger partial charge in [-0.15, -0.1) is 0 Å². The third-order valence-electron chi connectivity index (χ3n) is 1.81. The molecular formula is C10H9NO3. The van der Waals surface area contributed by atoms with Crippen molar-refractivity contribution in [2.75, 3.05) is 7.11 Å². The standard InChI is InChI=1S/C10H9NO3/c1-14-10(13)8-3-2-4-9(12)7(8)5-6-11/h2-4,12H,5H2,1H3. The Labute approximate surface area is 81.4 Å². The zero-order chi connectivity index (χ0) is 10.6.